The first-order chi connectivity index (χ1) is 11.7. The SMILES string of the molecule is C=C(C[C@@H](C)COC(=O)C(=O)c1ccccc1)C1CC=C(C)C1(C)C. The average molecular weight is 340 g/mol. The lowest BCUT2D eigenvalue weighted by Crippen LogP contribution is -2.24. The zero-order valence-electron chi connectivity index (χ0n) is 15.7. The van der Waals surface area contributed by atoms with Crippen molar-refractivity contribution in [2.45, 2.75) is 40.5 Å². The molecular formula is C22H28O3. The zero-order valence-corrected chi connectivity index (χ0v) is 15.7. The molecule has 1 aromatic rings. The predicted octanol–water partition coefficient (Wildman–Crippen LogP) is 4.99. The predicted molar refractivity (Wildman–Crippen MR) is 100 cm³/mol. The van der Waals surface area contributed by atoms with E-state index in [1.54, 1.807) is 30.3 Å². The Morgan fingerprint density at radius 3 is 2.48 bits per heavy atom. The molecule has 0 spiro atoms. The number of hydrogen-bond donors (Lipinski definition) is 0. The van der Waals surface area contributed by atoms with Gasteiger partial charge >= 0.3 is 5.97 Å². The van der Waals surface area contributed by atoms with Crippen molar-refractivity contribution < 1.29 is 14.3 Å². The number of benzene rings is 1. The molecule has 0 fully saturated rings. The van der Waals surface area contributed by atoms with Crippen molar-refractivity contribution >= 4 is 11.8 Å². The fourth-order valence-electron chi connectivity index (χ4n) is 3.44. The van der Waals surface area contributed by atoms with E-state index in [1.165, 1.54) is 11.1 Å². The van der Waals surface area contributed by atoms with Gasteiger partial charge in [0.2, 0.25) is 0 Å². The molecular weight excluding hydrogens is 312 g/mol. The lowest BCUT2D eigenvalue weighted by molar-refractivity contribution is -0.139. The number of carbonyl (C=O) groups excluding carboxylic acids is 2. The summed E-state index contributed by atoms with van der Waals surface area (Å²) in [6, 6.07) is 8.49. The Kier molecular flexibility index (Phi) is 5.99. The molecule has 0 N–H and O–H groups in total. The number of rotatable bonds is 7. The Hall–Kier alpha value is -2.16. The molecule has 0 saturated heterocycles. The van der Waals surface area contributed by atoms with Crippen molar-refractivity contribution in [1.29, 1.82) is 0 Å². The molecule has 0 bridgehead atoms. The second-order valence-corrected chi connectivity index (χ2v) is 7.66. The Bertz CT molecular complexity index is 682. The van der Waals surface area contributed by atoms with Gasteiger partial charge in [-0.2, -0.15) is 0 Å². The molecule has 0 amide bonds. The number of Topliss-reactive ketones (excluding diaryl/α,β-unsaturated/α-hetero) is 1. The van der Waals surface area contributed by atoms with Crippen LogP contribution in [0.15, 0.2) is 54.1 Å². The van der Waals surface area contributed by atoms with Crippen molar-refractivity contribution in [3.8, 4) is 0 Å². The van der Waals surface area contributed by atoms with Gasteiger partial charge in [-0.3, -0.25) is 4.79 Å². The van der Waals surface area contributed by atoms with Crippen molar-refractivity contribution in [2.24, 2.45) is 17.3 Å². The molecule has 1 aliphatic carbocycles. The molecule has 0 aromatic heterocycles. The first kappa shape index (κ1) is 19.2. The van der Waals surface area contributed by atoms with Crippen LogP contribution in [0.5, 0.6) is 0 Å². The van der Waals surface area contributed by atoms with Gasteiger partial charge in [-0.15, -0.1) is 0 Å². The Morgan fingerprint density at radius 2 is 1.92 bits per heavy atom. The highest BCUT2D eigenvalue weighted by molar-refractivity contribution is 6.40. The van der Waals surface area contributed by atoms with Crippen LogP contribution in [-0.2, 0) is 9.53 Å². The van der Waals surface area contributed by atoms with Crippen molar-refractivity contribution in [3.05, 3.63) is 59.7 Å². The third-order valence-corrected chi connectivity index (χ3v) is 5.37. The van der Waals surface area contributed by atoms with Gasteiger partial charge in [0.25, 0.3) is 5.78 Å². The summed E-state index contributed by atoms with van der Waals surface area (Å²) < 4.78 is 5.21. The smallest absolute Gasteiger partial charge is 0.379 e. The first-order valence-corrected chi connectivity index (χ1v) is 8.85. The summed E-state index contributed by atoms with van der Waals surface area (Å²) in [6.45, 7) is 13.2. The van der Waals surface area contributed by atoms with E-state index in [0.717, 1.165) is 12.8 Å². The number of ketones is 1. The van der Waals surface area contributed by atoms with Gasteiger partial charge in [-0.25, -0.2) is 4.79 Å². The molecule has 0 saturated carbocycles. The molecule has 1 aromatic carbocycles. The highest BCUT2D eigenvalue weighted by Crippen LogP contribution is 2.47. The van der Waals surface area contributed by atoms with E-state index in [2.05, 4.69) is 33.4 Å². The highest BCUT2D eigenvalue weighted by atomic mass is 16.5. The van der Waals surface area contributed by atoms with Gasteiger partial charge in [-0.05, 0) is 37.0 Å². The summed E-state index contributed by atoms with van der Waals surface area (Å²) in [4.78, 5) is 23.9. The normalized spacial score (nSPS) is 19.8. The van der Waals surface area contributed by atoms with Gasteiger partial charge in [0.1, 0.15) is 0 Å². The van der Waals surface area contributed by atoms with Gasteiger partial charge in [-0.1, -0.05) is 74.9 Å². The largest absolute Gasteiger partial charge is 0.459 e. The Labute approximate surface area is 150 Å². The molecule has 25 heavy (non-hydrogen) atoms. The third-order valence-electron chi connectivity index (χ3n) is 5.37. The summed E-state index contributed by atoms with van der Waals surface area (Å²) >= 11 is 0. The summed E-state index contributed by atoms with van der Waals surface area (Å²) in [7, 11) is 0. The van der Waals surface area contributed by atoms with E-state index in [9.17, 15) is 9.59 Å². The van der Waals surface area contributed by atoms with Crippen LogP contribution >= 0.6 is 0 Å². The number of carbonyl (C=O) groups is 2. The van der Waals surface area contributed by atoms with Crippen LogP contribution in [0.25, 0.3) is 0 Å². The number of esters is 1. The highest BCUT2D eigenvalue weighted by Gasteiger charge is 2.36. The molecule has 0 aliphatic heterocycles. The fraction of sp³-hybridized carbons (Fsp3) is 0.455. The topological polar surface area (TPSA) is 43.4 Å². The van der Waals surface area contributed by atoms with Crippen LogP contribution in [0.3, 0.4) is 0 Å². The molecule has 1 aliphatic rings. The first-order valence-electron chi connectivity index (χ1n) is 8.85. The van der Waals surface area contributed by atoms with Crippen LogP contribution in [-0.4, -0.2) is 18.4 Å². The maximum Gasteiger partial charge on any atom is 0.379 e. The van der Waals surface area contributed by atoms with Crippen LogP contribution in [0, 0.1) is 17.3 Å². The van der Waals surface area contributed by atoms with Gasteiger partial charge < -0.3 is 4.74 Å². The van der Waals surface area contributed by atoms with E-state index >= 15 is 0 Å². The Morgan fingerprint density at radius 1 is 1.28 bits per heavy atom. The summed E-state index contributed by atoms with van der Waals surface area (Å²) in [6.07, 6.45) is 4.11. The van der Waals surface area contributed by atoms with Crippen LogP contribution < -0.4 is 0 Å². The van der Waals surface area contributed by atoms with Crippen LogP contribution in [0.1, 0.15) is 50.9 Å². The summed E-state index contributed by atoms with van der Waals surface area (Å²) in [5, 5.41) is 0. The molecule has 2 rings (SSSR count). The van der Waals surface area contributed by atoms with Crippen molar-refractivity contribution in [3.63, 3.8) is 0 Å². The second-order valence-electron chi connectivity index (χ2n) is 7.66. The molecule has 1 unspecified atom stereocenters. The number of ether oxygens (including phenoxy) is 1. The quantitative estimate of drug-likeness (QED) is 0.304. The lowest BCUT2D eigenvalue weighted by Gasteiger charge is -2.32. The van der Waals surface area contributed by atoms with Gasteiger partial charge in [0.05, 0.1) is 6.61 Å². The summed E-state index contributed by atoms with van der Waals surface area (Å²) in [5.74, 6) is -0.820. The minimum absolute atomic E-state index is 0.136. The van der Waals surface area contributed by atoms with Gasteiger partial charge in [0.15, 0.2) is 0 Å². The zero-order chi connectivity index (χ0) is 18.6. The Balaban J connectivity index is 1.83. The van der Waals surface area contributed by atoms with E-state index in [-0.39, 0.29) is 17.9 Å². The standard InChI is InChI=1S/C22H28O3/c1-15(13-16(2)19-12-11-17(3)22(19,4)5)14-25-21(24)20(23)18-9-7-6-8-10-18/h6-11,15,19H,2,12-14H2,1,3-5H3/t15-,19?/m1/s1. The minimum atomic E-state index is -0.789. The van der Waals surface area contributed by atoms with Crippen LogP contribution in [0.4, 0.5) is 0 Å². The summed E-state index contributed by atoms with van der Waals surface area (Å²) in [5.41, 5.74) is 3.09. The average Bonchev–Trinajstić information content (AvgIpc) is 2.86. The third kappa shape index (κ3) is 4.47. The van der Waals surface area contributed by atoms with E-state index in [0.29, 0.717) is 11.5 Å². The second kappa shape index (κ2) is 7.81. The monoisotopic (exact) mass is 340 g/mol. The fourth-order valence-corrected chi connectivity index (χ4v) is 3.44. The molecule has 3 heteroatoms. The van der Waals surface area contributed by atoms with Gasteiger partial charge in [0, 0.05) is 5.56 Å². The van der Waals surface area contributed by atoms with E-state index < -0.39 is 11.8 Å². The molecule has 0 radical (unpaired) electrons. The molecule has 0 heterocycles. The maximum atomic E-state index is 12.0. The molecule has 134 valence electrons. The number of hydrogen-bond acceptors (Lipinski definition) is 3. The van der Waals surface area contributed by atoms with E-state index in [1.807, 2.05) is 6.92 Å². The molecule has 3 nitrogen and oxygen atoms in total. The molecule has 2 atom stereocenters. The van der Waals surface area contributed by atoms with E-state index in [4.69, 9.17) is 4.74 Å². The van der Waals surface area contributed by atoms with Crippen molar-refractivity contribution in [1.82, 2.24) is 0 Å². The van der Waals surface area contributed by atoms with Crippen molar-refractivity contribution in [2.75, 3.05) is 6.61 Å². The maximum absolute atomic E-state index is 12.0. The lowest BCUT2D eigenvalue weighted by atomic mass is 9.73. The number of allylic oxidation sites excluding steroid dienone is 3. The van der Waals surface area contributed by atoms with Crippen LogP contribution in [0.2, 0.25) is 0 Å². The minimum Gasteiger partial charge on any atom is -0.459 e.